The van der Waals surface area contributed by atoms with Gasteiger partial charge in [0.15, 0.2) is 0 Å². The highest BCUT2D eigenvalue weighted by Crippen LogP contribution is 2.29. The molecule has 0 aliphatic carbocycles. The first-order valence-corrected chi connectivity index (χ1v) is 7.53. The quantitative estimate of drug-likeness (QED) is 0.816. The summed E-state index contributed by atoms with van der Waals surface area (Å²) in [6.45, 7) is -0.463. The molecule has 2 rings (SSSR count). The van der Waals surface area contributed by atoms with Gasteiger partial charge < -0.3 is 9.88 Å². The van der Waals surface area contributed by atoms with Gasteiger partial charge in [0.05, 0.1) is 5.56 Å². The zero-order chi connectivity index (χ0) is 18.6. The van der Waals surface area contributed by atoms with E-state index >= 15 is 0 Å². The minimum Gasteiger partial charge on any atom is -0.354 e. The van der Waals surface area contributed by atoms with Crippen LogP contribution in [0.25, 0.3) is 0 Å². The number of rotatable bonds is 5. The van der Waals surface area contributed by atoms with E-state index in [9.17, 15) is 27.2 Å². The van der Waals surface area contributed by atoms with Crippen molar-refractivity contribution < 1.29 is 22.4 Å². The van der Waals surface area contributed by atoms with Gasteiger partial charge in [-0.1, -0.05) is 23.7 Å². The van der Waals surface area contributed by atoms with Crippen molar-refractivity contribution in [3.05, 3.63) is 68.8 Å². The molecule has 0 aliphatic rings. The molecular formula is C16H13ClF4N2O2. The SMILES string of the molecule is O=C(Cn1cc(C(F)(F)F)cc(Cl)c1=O)NCCc1cccc(F)c1. The van der Waals surface area contributed by atoms with Crippen LogP contribution in [0.15, 0.2) is 41.3 Å². The summed E-state index contributed by atoms with van der Waals surface area (Å²) in [5, 5.41) is 1.84. The smallest absolute Gasteiger partial charge is 0.354 e. The van der Waals surface area contributed by atoms with Crippen molar-refractivity contribution in [2.75, 3.05) is 6.54 Å². The number of carbonyl (C=O) groups is 1. The van der Waals surface area contributed by atoms with Crippen molar-refractivity contribution in [3.63, 3.8) is 0 Å². The molecule has 0 spiro atoms. The van der Waals surface area contributed by atoms with Crippen LogP contribution in [0.3, 0.4) is 0 Å². The van der Waals surface area contributed by atoms with Crippen LogP contribution in [0.2, 0.25) is 5.02 Å². The van der Waals surface area contributed by atoms with Crippen LogP contribution in [0.1, 0.15) is 11.1 Å². The van der Waals surface area contributed by atoms with Gasteiger partial charge >= 0.3 is 6.18 Å². The Balaban J connectivity index is 2.00. The second kappa shape index (κ2) is 7.69. The molecular weight excluding hydrogens is 364 g/mol. The van der Waals surface area contributed by atoms with Crippen LogP contribution in [0.5, 0.6) is 0 Å². The fraction of sp³-hybridized carbons (Fsp3) is 0.250. The third-order valence-electron chi connectivity index (χ3n) is 3.31. The Labute approximate surface area is 145 Å². The number of nitrogens with one attached hydrogen (secondary N) is 1. The van der Waals surface area contributed by atoms with Gasteiger partial charge in [-0.25, -0.2) is 4.39 Å². The highest BCUT2D eigenvalue weighted by Gasteiger charge is 2.32. The van der Waals surface area contributed by atoms with Crippen LogP contribution in [0, 0.1) is 5.82 Å². The Morgan fingerprint density at radius 1 is 1.24 bits per heavy atom. The van der Waals surface area contributed by atoms with E-state index in [4.69, 9.17) is 11.6 Å². The average molecular weight is 377 g/mol. The molecule has 1 aromatic carbocycles. The predicted octanol–water partition coefficient (Wildman–Crippen LogP) is 3.02. The van der Waals surface area contributed by atoms with E-state index in [-0.39, 0.29) is 6.54 Å². The number of aromatic nitrogens is 1. The molecule has 0 fully saturated rings. The Morgan fingerprint density at radius 2 is 1.96 bits per heavy atom. The minimum absolute atomic E-state index is 0.143. The van der Waals surface area contributed by atoms with Crippen molar-refractivity contribution >= 4 is 17.5 Å². The molecule has 0 bridgehead atoms. The number of halogens is 5. The first-order chi connectivity index (χ1) is 11.7. The van der Waals surface area contributed by atoms with E-state index in [1.807, 2.05) is 0 Å². The first kappa shape index (κ1) is 19.0. The van der Waals surface area contributed by atoms with Gasteiger partial charge in [-0.05, 0) is 30.2 Å². The van der Waals surface area contributed by atoms with E-state index in [1.165, 1.54) is 18.2 Å². The van der Waals surface area contributed by atoms with Gasteiger partial charge in [-0.3, -0.25) is 9.59 Å². The van der Waals surface area contributed by atoms with E-state index in [2.05, 4.69) is 5.32 Å². The monoisotopic (exact) mass is 376 g/mol. The highest BCUT2D eigenvalue weighted by atomic mass is 35.5. The third-order valence-corrected chi connectivity index (χ3v) is 3.58. The molecule has 0 saturated heterocycles. The molecule has 1 heterocycles. The van der Waals surface area contributed by atoms with E-state index < -0.39 is 40.6 Å². The van der Waals surface area contributed by atoms with Crippen LogP contribution < -0.4 is 10.9 Å². The molecule has 0 unspecified atom stereocenters. The fourth-order valence-electron chi connectivity index (χ4n) is 2.12. The first-order valence-electron chi connectivity index (χ1n) is 7.15. The number of nitrogens with zero attached hydrogens (tertiary/aromatic N) is 1. The zero-order valence-corrected chi connectivity index (χ0v) is 13.5. The number of hydrogen-bond donors (Lipinski definition) is 1. The molecule has 0 saturated carbocycles. The lowest BCUT2D eigenvalue weighted by atomic mass is 10.1. The Kier molecular flexibility index (Phi) is 5.84. The maximum Gasteiger partial charge on any atom is 0.417 e. The number of amides is 1. The number of benzene rings is 1. The largest absolute Gasteiger partial charge is 0.417 e. The maximum atomic E-state index is 13.0. The molecule has 1 amide bonds. The van der Waals surface area contributed by atoms with Crippen LogP contribution in [-0.2, 0) is 23.9 Å². The van der Waals surface area contributed by atoms with Crippen molar-refractivity contribution in [1.82, 2.24) is 9.88 Å². The summed E-state index contributed by atoms with van der Waals surface area (Å²) in [5.74, 6) is -1.07. The molecule has 0 aliphatic heterocycles. The molecule has 1 aromatic heterocycles. The lowest BCUT2D eigenvalue weighted by Gasteiger charge is -2.12. The Morgan fingerprint density at radius 3 is 2.60 bits per heavy atom. The lowest BCUT2D eigenvalue weighted by molar-refractivity contribution is -0.138. The number of alkyl halides is 3. The lowest BCUT2D eigenvalue weighted by Crippen LogP contribution is -2.34. The third kappa shape index (κ3) is 5.32. The standard InChI is InChI=1S/C16H13ClF4N2O2/c17-13-7-11(16(19,20)21)8-23(15(13)25)9-14(24)22-5-4-10-2-1-3-12(18)6-10/h1-3,6-8H,4-5,9H2,(H,22,24). The number of pyridine rings is 1. The van der Waals surface area contributed by atoms with E-state index in [0.717, 1.165) is 0 Å². The average Bonchev–Trinajstić information content (AvgIpc) is 2.50. The van der Waals surface area contributed by atoms with Gasteiger partial charge in [0.25, 0.3) is 5.56 Å². The van der Waals surface area contributed by atoms with Crippen molar-refractivity contribution in [3.8, 4) is 0 Å². The van der Waals surface area contributed by atoms with Gasteiger partial charge in [0.2, 0.25) is 5.91 Å². The van der Waals surface area contributed by atoms with Crippen molar-refractivity contribution in [2.24, 2.45) is 0 Å². The summed E-state index contributed by atoms with van der Waals surface area (Å²) in [5.41, 5.74) is -1.36. The summed E-state index contributed by atoms with van der Waals surface area (Å²) in [6, 6.07) is 6.31. The van der Waals surface area contributed by atoms with Gasteiger partial charge in [-0.15, -0.1) is 0 Å². The highest BCUT2D eigenvalue weighted by molar-refractivity contribution is 6.30. The second-order valence-electron chi connectivity index (χ2n) is 5.24. The predicted molar refractivity (Wildman–Crippen MR) is 83.8 cm³/mol. The number of carbonyl (C=O) groups excluding carboxylic acids is 1. The second-order valence-corrected chi connectivity index (χ2v) is 5.64. The summed E-state index contributed by atoms with van der Waals surface area (Å²) in [7, 11) is 0. The summed E-state index contributed by atoms with van der Waals surface area (Å²) >= 11 is 5.51. The maximum absolute atomic E-state index is 13.0. The van der Waals surface area contributed by atoms with E-state index in [1.54, 1.807) is 6.07 Å². The molecule has 4 nitrogen and oxygen atoms in total. The molecule has 0 radical (unpaired) electrons. The Bertz CT molecular complexity index is 834. The summed E-state index contributed by atoms with van der Waals surface area (Å²) in [6.07, 6.45) is -3.81. The minimum atomic E-state index is -4.69. The molecule has 9 heteroatoms. The molecule has 1 N–H and O–H groups in total. The zero-order valence-electron chi connectivity index (χ0n) is 12.7. The molecule has 25 heavy (non-hydrogen) atoms. The molecule has 2 aromatic rings. The topological polar surface area (TPSA) is 51.1 Å². The van der Waals surface area contributed by atoms with Crippen LogP contribution in [0.4, 0.5) is 17.6 Å². The molecule has 134 valence electrons. The summed E-state index contributed by atoms with van der Waals surface area (Å²) < 4.78 is 51.8. The molecule has 0 atom stereocenters. The Hall–Kier alpha value is -2.35. The number of hydrogen-bond acceptors (Lipinski definition) is 2. The van der Waals surface area contributed by atoms with Gasteiger partial charge in [-0.2, -0.15) is 13.2 Å². The van der Waals surface area contributed by atoms with Crippen LogP contribution >= 0.6 is 11.6 Å². The normalized spacial score (nSPS) is 11.4. The summed E-state index contributed by atoms with van der Waals surface area (Å²) in [4.78, 5) is 23.6. The van der Waals surface area contributed by atoms with Gasteiger partial charge in [0, 0.05) is 12.7 Å². The van der Waals surface area contributed by atoms with Gasteiger partial charge in [0.1, 0.15) is 17.4 Å². The van der Waals surface area contributed by atoms with E-state index in [0.29, 0.717) is 28.8 Å². The van der Waals surface area contributed by atoms with Crippen LogP contribution in [-0.4, -0.2) is 17.0 Å². The van der Waals surface area contributed by atoms with Crippen molar-refractivity contribution in [1.29, 1.82) is 0 Å². The fourth-order valence-corrected chi connectivity index (χ4v) is 2.35. The van der Waals surface area contributed by atoms with Crippen molar-refractivity contribution in [2.45, 2.75) is 19.1 Å².